The van der Waals surface area contributed by atoms with Gasteiger partial charge in [-0.2, -0.15) is 4.98 Å². The lowest BCUT2D eigenvalue weighted by atomic mass is 9.91. The summed E-state index contributed by atoms with van der Waals surface area (Å²) in [5.74, 6) is 0.882. The van der Waals surface area contributed by atoms with E-state index in [-0.39, 0.29) is 18.3 Å². The second-order valence-electron chi connectivity index (χ2n) is 5.62. The lowest BCUT2D eigenvalue weighted by Crippen LogP contribution is -2.51. The summed E-state index contributed by atoms with van der Waals surface area (Å²) in [7, 11) is 1.59. The van der Waals surface area contributed by atoms with Crippen LogP contribution in [0.4, 0.5) is 5.69 Å². The molecule has 1 amide bonds. The average Bonchev–Trinajstić information content (AvgIpc) is 3.02. The number of ether oxygens (including phenoxy) is 1. The summed E-state index contributed by atoms with van der Waals surface area (Å²) >= 11 is 0. The van der Waals surface area contributed by atoms with Crippen molar-refractivity contribution < 1.29 is 14.1 Å². The molecule has 1 aromatic heterocycles. The van der Waals surface area contributed by atoms with Gasteiger partial charge in [0.1, 0.15) is 5.60 Å². The number of halogens is 1. The van der Waals surface area contributed by atoms with Gasteiger partial charge in [-0.1, -0.05) is 17.3 Å². The fourth-order valence-electron chi connectivity index (χ4n) is 2.75. The lowest BCUT2D eigenvalue weighted by molar-refractivity contribution is -0.140. The molecule has 0 bridgehead atoms. The molecule has 1 aliphatic heterocycles. The van der Waals surface area contributed by atoms with Gasteiger partial charge in [0.2, 0.25) is 11.7 Å². The Kier molecular flexibility index (Phi) is 5.93. The van der Waals surface area contributed by atoms with Gasteiger partial charge in [-0.25, -0.2) is 0 Å². The predicted molar refractivity (Wildman–Crippen MR) is 92.2 cm³/mol. The van der Waals surface area contributed by atoms with E-state index >= 15 is 0 Å². The molecule has 1 fully saturated rings. The van der Waals surface area contributed by atoms with Crippen LogP contribution in [-0.4, -0.2) is 41.8 Å². The molecule has 0 spiro atoms. The number of carbonyl (C=O) groups is 1. The zero-order valence-corrected chi connectivity index (χ0v) is 14.5. The van der Waals surface area contributed by atoms with Crippen molar-refractivity contribution in [3.05, 3.63) is 30.2 Å². The Labute approximate surface area is 146 Å². The first-order chi connectivity index (χ1) is 11.1. The fourth-order valence-corrected chi connectivity index (χ4v) is 2.75. The molecule has 2 heterocycles. The number of amides is 1. The molecule has 2 N–H and O–H groups in total. The Morgan fingerprint density at radius 3 is 2.75 bits per heavy atom. The third kappa shape index (κ3) is 3.75. The highest BCUT2D eigenvalue weighted by atomic mass is 35.5. The topological polar surface area (TPSA) is 89.3 Å². The SMILES string of the molecule is COC1(C(=O)Nc2cccc(-c3noc(C)n3)c2)CCNCC1.Cl. The van der Waals surface area contributed by atoms with Gasteiger partial charge in [0, 0.05) is 25.3 Å². The minimum atomic E-state index is -0.774. The van der Waals surface area contributed by atoms with Crippen LogP contribution >= 0.6 is 12.4 Å². The van der Waals surface area contributed by atoms with Crippen molar-refractivity contribution in [3.63, 3.8) is 0 Å². The van der Waals surface area contributed by atoms with Crippen molar-refractivity contribution >= 4 is 24.0 Å². The molecular formula is C16H21ClN4O3. The molecule has 0 aliphatic carbocycles. The third-order valence-electron chi connectivity index (χ3n) is 4.12. The van der Waals surface area contributed by atoms with E-state index in [2.05, 4.69) is 20.8 Å². The molecule has 1 aromatic carbocycles. The molecule has 130 valence electrons. The van der Waals surface area contributed by atoms with Crippen LogP contribution in [0, 0.1) is 6.92 Å². The maximum atomic E-state index is 12.7. The highest BCUT2D eigenvalue weighted by Crippen LogP contribution is 2.26. The minimum Gasteiger partial charge on any atom is -0.368 e. The van der Waals surface area contributed by atoms with Crippen LogP contribution in [0.2, 0.25) is 0 Å². The number of nitrogens with zero attached hydrogens (tertiary/aromatic N) is 2. The first-order valence-corrected chi connectivity index (χ1v) is 7.61. The molecule has 1 saturated heterocycles. The normalized spacial score (nSPS) is 16.2. The summed E-state index contributed by atoms with van der Waals surface area (Å²) in [5.41, 5.74) is 0.700. The van der Waals surface area contributed by atoms with Crippen molar-refractivity contribution in [1.29, 1.82) is 0 Å². The molecule has 3 rings (SSSR count). The Morgan fingerprint density at radius 2 is 2.12 bits per heavy atom. The van der Waals surface area contributed by atoms with Crippen LogP contribution in [0.1, 0.15) is 18.7 Å². The molecule has 24 heavy (non-hydrogen) atoms. The maximum absolute atomic E-state index is 12.7. The molecule has 7 nitrogen and oxygen atoms in total. The number of anilines is 1. The van der Waals surface area contributed by atoms with Crippen molar-refractivity contribution in [2.45, 2.75) is 25.4 Å². The quantitative estimate of drug-likeness (QED) is 0.876. The van der Waals surface area contributed by atoms with Gasteiger partial charge >= 0.3 is 0 Å². The number of carbonyl (C=O) groups excluding carboxylic acids is 1. The summed E-state index contributed by atoms with van der Waals surface area (Å²) in [5, 5.41) is 10.1. The Morgan fingerprint density at radius 1 is 1.38 bits per heavy atom. The Bertz CT molecular complexity index is 698. The zero-order valence-electron chi connectivity index (χ0n) is 13.7. The third-order valence-corrected chi connectivity index (χ3v) is 4.12. The van der Waals surface area contributed by atoms with Gasteiger partial charge in [0.25, 0.3) is 5.91 Å². The average molecular weight is 353 g/mol. The molecule has 0 unspecified atom stereocenters. The van der Waals surface area contributed by atoms with E-state index in [0.717, 1.165) is 18.7 Å². The summed E-state index contributed by atoms with van der Waals surface area (Å²) in [6.45, 7) is 3.27. The van der Waals surface area contributed by atoms with Crippen LogP contribution in [0.5, 0.6) is 0 Å². The highest BCUT2D eigenvalue weighted by Gasteiger charge is 2.39. The number of hydrogen-bond acceptors (Lipinski definition) is 6. The highest BCUT2D eigenvalue weighted by molar-refractivity contribution is 5.97. The van der Waals surface area contributed by atoms with Crippen molar-refractivity contribution in [2.75, 3.05) is 25.5 Å². The lowest BCUT2D eigenvalue weighted by Gasteiger charge is -2.34. The van der Waals surface area contributed by atoms with E-state index in [9.17, 15) is 4.79 Å². The van der Waals surface area contributed by atoms with Gasteiger partial charge in [-0.3, -0.25) is 4.79 Å². The monoisotopic (exact) mass is 352 g/mol. The van der Waals surface area contributed by atoms with Gasteiger partial charge in [-0.05, 0) is 38.1 Å². The maximum Gasteiger partial charge on any atom is 0.256 e. The number of aromatic nitrogens is 2. The molecule has 8 heteroatoms. The number of nitrogens with one attached hydrogen (secondary N) is 2. The van der Waals surface area contributed by atoms with Gasteiger partial charge in [-0.15, -0.1) is 12.4 Å². The fraction of sp³-hybridized carbons (Fsp3) is 0.438. The summed E-state index contributed by atoms with van der Waals surface area (Å²) in [4.78, 5) is 16.9. The van der Waals surface area contributed by atoms with Crippen LogP contribution in [0.15, 0.2) is 28.8 Å². The van der Waals surface area contributed by atoms with E-state index in [1.54, 1.807) is 14.0 Å². The smallest absolute Gasteiger partial charge is 0.256 e. The largest absolute Gasteiger partial charge is 0.368 e. The standard InChI is InChI=1S/C16H20N4O3.ClH/c1-11-18-14(20-23-11)12-4-3-5-13(10-12)19-15(21)16(22-2)6-8-17-9-7-16;/h3-5,10,17H,6-9H2,1-2H3,(H,19,21);1H. The molecule has 0 saturated carbocycles. The van der Waals surface area contributed by atoms with Crippen molar-refractivity contribution in [3.8, 4) is 11.4 Å². The van der Waals surface area contributed by atoms with Crippen LogP contribution in [-0.2, 0) is 9.53 Å². The Hall–Kier alpha value is -1.96. The first kappa shape index (κ1) is 18.4. The number of rotatable bonds is 4. The molecular weight excluding hydrogens is 332 g/mol. The minimum absolute atomic E-state index is 0. The van der Waals surface area contributed by atoms with Gasteiger partial charge in [0.15, 0.2) is 0 Å². The first-order valence-electron chi connectivity index (χ1n) is 7.61. The number of piperidine rings is 1. The molecule has 0 atom stereocenters. The Balaban J connectivity index is 0.00000208. The van der Waals surface area contributed by atoms with Crippen molar-refractivity contribution in [2.24, 2.45) is 0 Å². The van der Waals surface area contributed by atoms with Crippen molar-refractivity contribution in [1.82, 2.24) is 15.5 Å². The molecule has 2 aromatic rings. The predicted octanol–water partition coefficient (Wildman–Crippen LogP) is 2.17. The number of benzene rings is 1. The van der Waals surface area contributed by atoms with E-state index in [4.69, 9.17) is 9.26 Å². The van der Waals surface area contributed by atoms with E-state index in [0.29, 0.717) is 30.2 Å². The van der Waals surface area contributed by atoms with Crippen LogP contribution in [0.25, 0.3) is 11.4 Å². The zero-order chi connectivity index (χ0) is 16.3. The van der Waals surface area contributed by atoms with Gasteiger partial charge in [0.05, 0.1) is 0 Å². The van der Waals surface area contributed by atoms with Crippen LogP contribution in [0.3, 0.4) is 0 Å². The number of aryl methyl sites for hydroxylation is 1. The molecule has 0 radical (unpaired) electrons. The van der Waals surface area contributed by atoms with E-state index < -0.39 is 5.60 Å². The number of methoxy groups -OCH3 is 1. The van der Waals surface area contributed by atoms with Gasteiger partial charge < -0.3 is 19.9 Å². The summed E-state index contributed by atoms with van der Waals surface area (Å²) in [6, 6.07) is 7.38. The van der Waals surface area contributed by atoms with E-state index in [1.807, 2.05) is 24.3 Å². The molecule has 1 aliphatic rings. The second-order valence-corrected chi connectivity index (χ2v) is 5.62. The summed E-state index contributed by atoms with van der Waals surface area (Å²) in [6.07, 6.45) is 1.30. The van der Waals surface area contributed by atoms with Crippen LogP contribution < -0.4 is 10.6 Å². The summed E-state index contributed by atoms with van der Waals surface area (Å²) < 4.78 is 10.5. The number of hydrogen-bond donors (Lipinski definition) is 2. The van der Waals surface area contributed by atoms with E-state index in [1.165, 1.54) is 0 Å². The second kappa shape index (κ2) is 7.74.